The Morgan fingerprint density at radius 1 is 0.978 bits per heavy atom. The van der Waals surface area contributed by atoms with Crippen LogP contribution in [0.25, 0.3) is 27.5 Å². The van der Waals surface area contributed by atoms with Crippen LogP contribution in [0, 0.1) is 23.0 Å². The van der Waals surface area contributed by atoms with Crippen molar-refractivity contribution in [2.24, 2.45) is 11.3 Å². The van der Waals surface area contributed by atoms with Gasteiger partial charge in [-0.3, -0.25) is 4.79 Å². The number of carboxylic acid groups (broad SMARTS) is 1. The van der Waals surface area contributed by atoms with Crippen LogP contribution in [-0.4, -0.2) is 44.7 Å². The first-order chi connectivity index (χ1) is 22.3. The first-order valence-corrected chi connectivity index (χ1v) is 15.8. The lowest BCUT2D eigenvalue weighted by Crippen LogP contribution is -2.49. The Morgan fingerprint density at radius 2 is 1.70 bits per heavy atom. The molecule has 1 aliphatic heterocycles. The third-order valence-corrected chi connectivity index (χ3v) is 10.3. The molecule has 1 N–H and O–H groups in total. The van der Waals surface area contributed by atoms with Crippen molar-refractivity contribution in [1.29, 1.82) is 0 Å². The van der Waals surface area contributed by atoms with Crippen molar-refractivity contribution in [2.45, 2.75) is 57.0 Å². The average Bonchev–Trinajstić information content (AvgIpc) is 3.60. The second kappa shape index (κ2) is 11.0. The number of aromatic nitrogens is 3. The Labute approximate surface area is 263 Å². The van der Waals surface area contributed by atoms with Gasteiger partial charge >= 0.3 is 12.1 Å². The van der Waals surface area contributed by atoms with Crippen LogP contribution >= 0.6 is 0 Å². The standard InChI is InChI=1S/C36H33F2N3O5/c37-26-6-8-27(9-7-26)40-28-14-23-19-39-41(35(44)46-20-21-4-2-1-3-5-21)33(23)31(38)30(28)29(32(40)22-10-12-45-13-11-22)24-15-36(16-24)17-25(18-36)34(42)43/h1-9,14,19,22,24-25H,10-13,15-18,20H2,(H,42,43). The van der Waals surface area contributed by atoms with Gasteiger partial charge in [0.05, 0.1) is 17.6 Å². The van der Waals surface area contributed by atoms with Gasteiger partial charge in [0.15, 0.2) is 5.82 Å². The van der Waals surface area contributed by atoms with Gasteiger partial charge in [0.1, 0.15) is 17.9 Å². The summed E-state index contributed by atoms with van der Waals surface area (Å²) in [6.45, 7) is 1.18. The number of fused-ring (bicyclic) bond motifs is 2. The van der Waals surface area contributed by atoms with Gasteiger partial charge in [0, 0.05) is 41.3 Å². The van der Waals surface area contributed by atoms with E-state index >= 15 is 4.39 Å². The van der Waals surface area contributed by atoms with E-state index in [1.165, 1.54) is 18.3 Å². The summed E-state index contributed by atoms with van der Waals surface area (Å²) in [6, 6.07) is 17.3. The van der Waals surface area contributed by atoms with E-state index in [4.69, 9.17) is 9.47 Å². The SMILES string of the molecule is O=C(O)C1CC2(C1)CC(c1c(C3CCOCC3)n(-c3ccc(F)cc3)c3cc4cnn(C(=O)OCc5ccccc5)c4c(F)c13)C2. The highest BCUT2D eigenvalue weighted by Crippen LogP contribution is 2.65. The molecular formula is C36H33F2N3O5. The van der Waals surface area contributed by atoms with Gasteiger partial charge in [-0.05, 0) is 91.3 Å². The maximum Gasteiger partial charge on any atom is 0.435 e. The van der Waals surface area contributed by atoms with Gasteiger partial charge in [0.25, 0.3) is 0 Å². The molecule has 2 aliphatic carbocycles. The largest absolute Gasteiger partial charge is 0.481 e. The van der Waals surface area contributed by atoms with Gasteiger partial charge in [-0.1, -0.05) is 30.3 Å². The predicted octanol–water partition coefficient (Wildman–Crippen LogP) is 7.70. The summed E-state index contributed by atoms with van der Waals surface area (Å²) in [5.41, 5.74) is 4.02. The molecule has 0 amide bonds. The van der Waals surface area contributed by atoms with E-state index in [0.29, 0.717) is 42.3 Å². The molecule has 5 aromatic rings. The number of halogens is 2. The average molecular weight is 626 g/mol. The molecule has 1 saturated heterocycles. The molecule has 10 heteroatoms. The number of hydrogen-bond acceptors (Lipinski definition) is 5. The molecule has 1 spiro atoms. The van der Waals surface area contributed by atoms with Gasteiger partial charge in [-0.15, -0.1) is 0 Å². The third-order valence-electron chi connectivity index (χ3n) is 10.3. The van der Waals surface area contributed by atoms with Crippen LogP contribution in [0.2, 0.25) is 0 Å². The zero-order valence-corrected chi connectivity index (χ0v) is 25.1. The van der Waals surface area contributed by atoms with Crippen molar-refractivity contribution in [3.05, 3.63) is 95.3 Å². The molecule has 0 atom stereocenters. The summed E-state index contributed by atoms with van der Waals surface area (Å²) >= 11 is 0. The fourth-order valence-electron chi connectivity index (χ4n) is 8.20. The predicted molar refractivity (Wildman–Crippen MR) is 166 cm³/mol. The number of aliphatic carboxylic acids is 1. The van der Waals surface area contributed by atoms with E-state index in [1.54, 1.807) is 12.1 Å². The fraction of sp³-hybridized carbons (Fsp3) is 0.361. The molecule has 3 fully saturated rings. The van der Waals surface area contributed by atoms with Gasteiger partial charge in [-0.25, -0.2) is 13.6 Å². The van der Waals surface area contributed by atoms with Crippen molar-refractivity contribution in [3.63, 3.8) is 0 Å². The number of carbonyl (C=O) groups is 2. The van der Waals surface area contributed by atoms with Crippen molar-refractivity contribution in [1.82, 2.24) is 14.3 Å². The molecule has 2 aromatic heterocycles. The second-order valence-corrected chi connectivity index (χ2v) is 13.2. The van der Waals surface area contributed by atoms with Crippen molar-refractivity contribution in [2.75, 3.05) is 13.2 Å². The maximum atomic E-state index is 17.2. The minimum Gasteiger partial charge on any atom is -0.481 e. The highest BCUT2D eigenvalue weighted by molar-refractivity contribution is 6.02. The van der Waals surface area contributed by atoms with Crippen molar-refractivity contribution in [3.8, 4) is 5.69 Å². The molecule has 0 unspecified atom stereocenters. The zero-order valence-electron chi connectivity index (χ0n) is 25.1. The van der Waals surface area contributed by atoms with Crippen molar-refractivity contribution >= 4 is 33.9 Å². The normalized spacial score (nSPS) is 23.0. The monoisotopic (exact) mass is 625 g/mol. The Kier molecular flexibility index (Phi) is 6.93. The zero-order chi connectivity index (χ0) is 31.6. The molecule has 3 aliphatic rings. The summed E-state index contributed by atoms with van der Waals surface area (Å²) in [7, 11) is 0. The molecule has 236 valence electrons. The Hall–Kier alpha value is -4.57. The quantitative estimate of drug-likeness (QED) is 0.208. The van der Waals surface area contributed by atoms with E-state index in [-0.39, 0.29) is 41.1 Å². The van der Waals surface area contributed by atoms with Crippen LogP contribution in [0.5, 0.6) is 0 Å². The number of hydrogen-bond donors (Lipinski definition) is 1. The highest BCUT2D eigenvalue weighted by Gasteiger charge is 2.56. The van der Waals surface area contributed by atoms with E-state index < -0.39 is 17.9 Å². The lowest BCUT2D eigenvalue weighted by molar-refractivity contribution is -0.155. The van der Waals surface area contributed by atoms with Crippen LogP contribution in [0.3, 0.4) is 0 Å². The van der Waals surface area contributed by atoms with E-state index in [2.05, 4.69) is 9.67 Å². The van der Waals surface area contributed by atoms with Gasteiger partial charge in [0.2, 0.25) is 0 Å². The molecule has 8 rings (SSSR count). The number of nitrogens with zero attached hydrogens (tertiary/aromatic N) is 3. The molecule has 3 aromatic carbocycles. The number of carbonyl (C=O) groups excluding carboxylic acids is 1. The highest BCUT2D eigenvalue weighted by atomic mass is 19.1. The Morgan fingerprint density at radius 3 is 2.39 bits per heavy atom. The third kappa shape index (κ3) is 4.69. The Balaban J connectivity index is 1.29. The number of benzene rings is 3. The van der Waals surface area contributed by atoms with Crippen LogP contribution in [0.15, 0.2) is 66.9 Å². The van der Waals surface area contributed by atoms with E-state index in [9.17, 15) is 19.1 Å². The fourth-order valence-corrected chi connectivity index (χ4v) is 8.20. The summed E-state index contributed by atoms with van der Waals surface area (Å²) in [5.74, 6) is -1.93. The molecule has 0 radical (unpaired) electrons. The van der Waals surface area contributed by atoms with E-state index in [0.717, 1.165) is 52.9 Å². The smallest absolute Gasteiger partial charge is 0.435 e. The molecule has 8 nitrogen and oxygen atoms in total. The molecule has 2 saturated carbocycles. The molecule has 3 heterocycles. The minimum absolute atomic E-state index is 0.00476. The van der Waals surface area contributed by atoms with Crippen LogP contribution in [-0.2, 0) is 20.9 Å². The number of rotatable bonds is 6. The minimum atomic E-state index is -0.780. The van der Waals surface area contributed by atoms with Crippen LogP contribution in [0.4, 0.5) is 13.6 Å². The van der Waals surface area contributed by atoms with Crippen molar-refractivity contribution < 1.29 is 33.0 Å². The Bertz CT molecular complexity index is 1960. The first kappa shape index (κ1) is 28.9. The van der Waals surface area contributed by atoms with Crippen LogP contribution < -0.4 is 0 Å². The number of ether oxygens (including phenoxy) is 2. The number of carboxylic acids is 1. The second-order valence-electron chi connectivity index (χ2n) is 13.2. The summed E-state index contributed by atoms with van der Waals surface area (Å²) in [4.78, 5) is 24.9. The topological polar surface area (TPSA) is 95.6 Å². The lowest BCUT2D eigenvalue weighted by atomic mass is 9.47. The van der Waals surface area contributed by atoms with Gasteiger partial charge in [-0.2, -0.15) is 9.78 Å². The summed E-state index contributed by atoms with van der Waals surface area (Å²) in [5, 5.41) is 14.6. The van der Waals surface area contributed by atoms with E-state index in [1.807, 2.05) is 36.4 Å². The summed E-state index contributed by atoms with van der Waals surface area (Å²) < 4.78 is 45.6. The lowest BCUT2D eigenvalue weighted by Gasteiger charge is -2.57. The van der Waals surface area contributed by atoms with Gasteiger partial charge < -0.3 is 19.1 Å². The summed E-state index contributed by atoms with van der Waals surface area (Å²) in [6.07, 6.45) is 5.00. The maximum absolute atomic E-state index is 17.2. The molecule has 0 bridgehead atoms. The molecular weight excluding hydrogens is 592 g/mol. The molecule has 46 heavy (non-hydrogen) atoms. The van der Waals surface area contributed by atoms with Crippen LogP contribution in [0.1, 0.15) is 67.2 Å². The first-order valence-electron chi connectivity index (χ1n) is 15.8.